The first-order valence-corrected chi connectivity index (χ1v) is 9.37. The standard InChI is InChI=1S/C21H21NO2S/c1-21(2)8-6-15-19(11-21)25-18-10-13(4-5-14(18)20(15)23)16-12-22-9-7-17(16)24-3/h4-5,7,9-10,12H,6,8,11H2,1-3H3. The molecule has 1 aliphatic carbocycles. The molecule has 1 aromatic carbocycles. The minimum Gasteiger partial charge on any atom is -0.496 e. The number of fused-ring (bicyclic) bond motifs is 2. The van der Waals surface area contributed by atoms with Crippen molar-refractivity contribution in [2.75, 3.05) is 7.11 Å². The van der Waals surface area contributed by atoms with Crippen molar-refractivity contribution in [3.05, 3.63) is 57.3 Å². The van der Waals surface area contributed by atoms with Gasteiger partial charge in [0, 0.05) is 38.5 Å². The highest BCUT2D eigenvalue weighted by Gasteiger charge is 2.28. The van der Waals surface area contributed by atoms with Crippen molar-refractivity contribution in [2.45, 2.75) is 33.1 Å². The number of benzene rings is 1. The maximum absolute atomic E-state index is 12.9. The molecule has 0 atom stereocenters. The first-order chi connectivity index (χ1) is 12.0. The zero-order valence-corrected chi connectivity index (χ0v) is 15.6. The van der Waals surface area contributed by atoms with Crippen LogP contribution in [-0.2, 0) is 12.8 Å². The largest absolute Gasteiger partial charge is 0.496 e. The van der Waals surface area contributed by atoms with Crippen LogP contribution in [0.25, 0.3) is 21.2 Å². The Balaban J connectivity index is 1.91. The molecule has 2 heterocycles. The van der Waals surface area contributed by atoms with Crippen LogP contribution < -0.4 is 10.2 Å². The lowest BCUT2D eigenvalue weighted by Gasteiger charge is -2.30. The molecule has 0 bridgehead atoms. The highest BCUT2D eigenvalue weighted by atomic mass is 32.1. The first-order valence-electron chi connectivity index (χ1n) is 8.55. The normalized spacial score (nSPS) is 15.8. The van der Waals surface area contributed by atoms with Gasteiger partial charge >= 0.3 is 0 Å². The average molecular weight is 351 g/mol. The van der Waals surface area contributed by atoms with Crippen LogP contribution in [0.3, 0.4) is 0 Å². The Morgan fingerprint density at radius 2 is 2.08 bits per heavy atom. The van der Waals surface area contributed by atoms with Gasteiger partial charge in [-0.1, -0.05) is 19.9 Å². The van der Waals surface area contributed by atoms with Gasteiger partial charge in [-0.25, -0.2) is 0 Å². The summed E-state index contributed by atoms with van der Waals surface area (Å²) >= 11 is 1.77. The Labute approximate surface area is 151 Å². The Morgan fingerprint density at radius 3 is 2.88 bits per heavy atom. The molecule has 0 spiro atoms. The fourth-order valence-corrected chi connectivity index (χ4v) is 5.11. The summed E-state index contributed by atoms with van der Waals surface area (Å²) in [6.45, 7) is 4.57. The predicted octanol–water partition coefficient (Wildman–Crippen LogP) is 4.85. The van der Waals surface area contributed by atoms with E-state index < -0.39 is 0 Å². The highest BCUT2D eigenvalue weighted by Crippen LogP contribution is 2.38. The van der Waals surface area contributed by atoms with Crippen LogP contribution in [0.4, 0.5) is 0 Å². The summed E-state index contributed by atoms with van der Waals surface area (Å²) in [6.07, 6.45) is 6.49. The number of rotatable bonds is 2. The van der Waals surface area contributed by atoms with Gasteiger partial charge in [0.15, 0.2) is 5.43 Å². The van der Waals surface area contributed by atoms with Crippen LogP contribution in [0, 0.1) is 5.41 Å². The topological polar surface area (TPSA) is 39.2 Å². The second-order valence-corrected chi connectivity index (χ2v) is 8.60. The molecule has 0 aliphatic heterocycles. The summed E-state index contributed by atoms with van der Waals surface area (Å²) < 4.78 is 6.50. The van der Waals surface area contributed by atoms with E-state index in [4.69, 9.17) is 4.74 Å². The Morgan fingerprint density at radius 1 is 1.24 bits per heavy atom. The monoisotopic (exact) mass is 351 g/mol. The van der Waals surface area contributed by atoms with Crippen molar-refractivity contribution in [3.8, 4) is 16.9 Å². The fraction of sp³-hybridized carbons (Fsp3) is 0.333. The molecule has 0 N–H and O–H groups in total. The van der Waals surface area contributed by atoms with Crippen LogP contribution in [0.1, 0.15) is 30.7 Å². The van der Waals surface area contributed by atoms with Gasteiger partial charge in [0.25, 0.3) is 0 Å². The Bertz CT molecular complexity index is 1020. The van der Waals surface area contributed by atoms with Gasteiger partial charge in [-0.05, 0) is 48.4 Å². The second-order valence-electron chi connectivity index (χ2n) is 7.46. The van der Waals surface area contributed by atoms with E-state index in [1.165, 1.54) is 4.88 Å². The molecule has 0 saturated carbocycles. The predicted molar refractivity (Wildman–Crippen MR) is 104 cm³/mol. The maximum atomic E-state index is 12.9. The van der Waals surface area contributed by atoms with Gasteiger partial charge in [-0.15, -0.1) is 11.3 Å². The smallest absolute Gasteiger partial charge is 0.191 e. The van der Waals surface area contributed by atoms with Crippen molar-refractivity contribution in [3.63, 3.8) is 0 Å². The quantitative estimate of drug-likeness (QED) is 0.663. The number of hydrogen-bond acceptors (Lipinski definition) is 4. The summed E-state index contributed by atoms with van der Waals surface area (Å²) in [7, 11) is 1.66. The zero-order valence-electron chi connectivity index (χ0n) is 14.8. The molecule has 0 radical (unpaired) electrons. The van der Waals surface area contributed by atoms with Crippen LogP contribution in [0.15, 0.2) is 41.5 Å². The van der Waals surface area contributed by atoms with Crippen molar-refractivity contribution < 1.29 is 4.74 Å². The molecule has 1 aliphatic rings. The zero-order chi connectivity index (χ0) is 17.6. The molecule has 2 aromatic heterocycles. The van der Waals surface area contributed by atoms with Crippen molar-refractivity contribution in [1.82, 2.24) is 4.98 Å². The molecule has 0 fully saturated rings. The number of aromatic nitrogens is 1. The summed E-state index contributed by atoms with van der Waals surface area (Å²) in [5, 5.41) is 0.829. The van der Waals surface area contributed by atoms with E-state index in [1.54, 1.807) is 24.6 Å². The summed E-state index contributed by atoms with van der Waals surface area (Å²) in [6, 6.07) is 7.91. The van der Waals surface area contributed by atoms with E-state index in [-0.39, 0.29) is 10.8 Å². The lowest BCUT2D eigenvalue weighted by Crippen LogP contribution is -2.26. The van der Waals surface area contributed by atoms with Gasteiger partial charge in [0.2, 0.25) is 0 Å². The molecular weight excluding hydrogens is 330 g/mol. The molecule has 0 amide bonds. The van der Waals surface area contributed by atoms with Crippen LogP contribution in [0.2, 0.25) is 0 Å². The van der Waals surface area contributed by atoms with E-state index in [0.717, 1.165) is 51.8 Å². The third-order valence-electron chi connectivity index (χ3n) is 5.07. The minimum absolute atomic E-state index is 0.212. The van der Waals surface area contributed by atoms with E-state index in [2.05, 4.69) is 24.9 Å². The van der Waals surface area contributed by atoms with E-state index in [1.807, 2.05) is 24.4 Å². The van der Waals surface area contributed by atoms with Crippen LogP contribution in [0.5, 0.6) is 5.75 Å². The van der Waals surface area contributed by atoms with Gasteiger partial charge in [-0.2, -0.15) is 0 Å². The van der Waals surface area contributed by atoms with Crippen LogP contribution in [-0.4, -0.2) is 12.1 Å². The lowest BCUT2D eigenvalue weighted by molar-refractivity contribution is 0.318. The third kappa shape index (κ3) is 2.85. The molecule has 25 heavy (non-hydrogen) atoms. The maximum Gasteiger partial charge on any atom is 0.191 e. The van der Waals surface area contributed by atoms with Gasteiger partial charge in [-0.3, -0.25) is 9.78 Å². The van der Waals surface area contributed by atoms with E-state index in [0.29, 0.717) is 0 Å². The van der Waals surface area contributed by atoms with E-state index >= 15 is 0 Å². The number of pyridine rings is 1. The van der Waals surface area contributed by atoms with Crippen molar-refractivity contribution >= 4 is 21.4 Å². The van der Waals surface area contributed by atoms with Crippen molar-refractivity contribution in [1.29, 1.82) is 0 Å². The third-order valence-corrected chi connectivity index (χ3v) is 6.27. The van der Waals surface area contributed by atoms with Gasteiger partial charge in [0.05, 0.1) is 7.11 Å². The fourth-order valence-electron chi connectivity index (χ4n) is 3.60. The number of methoxy groups -OCH3 is 1. The lowest BCUT2D eigenvalue weighted by atomic mass is 9.77. The van der Waals surface area contributed by atoms with E-state index in [9.17, 15) is 4.79 Å². The van der Waals surface area contributed by atoms with Gasteiger partial charge in [0.1, 0.15) is 5.75 Å². The minimum atomic E-state index is 0.212. The summed E-state index contributed by atoms with van der Waals surface area (Å²) in [4.78, 5) is 18.4. The molecule has 4 heteroatoms. The molecule has 4 rings (SSSR count). The molecule has 3 aromatic rings. The Hall–Kier alpha value is -2.20. The molecule has 128 valence electrons. The average Bonchev–Trinajstić information content (AvgIpc) is 2.60. The first kappa shape index (κ1) is 16.3. The summed E-state index contributed by atoms with van der Waals surface area (Å²) in [5.74, 6) is 0.792. The molecule has 0 unspecified atom stereocenters. The second kappa shape index (κ2) is 5.95. The van der Waals surface area contributed by atoms with Gasteiger partial charge < -0.3 is 4.74 Å². The molecular formula is C21H21NO2S. The molecule has 0 saturated heterocycles. The number of ether oxygens (including phenoxy) is 1. The van der Waals surface area contributed by atoms with Crippen molar-refractivity contribution in [2.24, 2.45) is 5.41 Å². The highest BCUT2D eigenvalue weighted by molar-refractivity contribution is 7.18. The Kier molecular flexibility index (Phi) is 3.88. The molecule has 3 nitrogen and oxygen atoms in total. The number of nitrogens with zero attached hydrogens (tertiary/aromatic N) is 1. The SMILES string of the molecule is COc1ccncc1-c1ccc2c(=O)c3c(sc2c1)CC(C)(C)CC3. The van der Waals surface area contributed by atoms with Crippen LogP contribution >= 0.6 is 11.3 Å². The summed E-state index contributed by atoms with van der Waals surface area (Å²) in [5.41, 5.74) is 3.49. The number of hydrogen-bond donors (Lipinski definition) is 0.